The summed E-state index contributed by atoms with van der Waals surface area (Å²) < 4.78 is 0. The Hall–Kier alpha value is -1.10. The molecule has 0 aliphatic rings. The van der Waals surface area contributed by atoms with Crippen LogP contribution in [0.3, 0.4) is 0 Å². The highest BCUT2D eigenvalue weighted by atomic mass is 32.2. The number of aryl methyl sites for hydroxylation is 1. The molecule has 4 nitrogen and oxygen atoms in total. The number of aromatic carboxylic acids is 1. The topological polar surface area (TPSA) is 63.1 Å². The largest absolute Gasteiger partial charge is 0.478 e. The molecule has 1 N–H and O–H groups in total. The molecule has 0 fully saturated rings. The van der Waals surface area contributed by atoms with Crippen molar-refractivity contribution in [2.45, 2.75) is 26.0 Å². The van der Waals surface area contributed by atoms with Gasteiger partial charge in [0, 0.05) is 6.20 Å². The van der Waals surface area contributed by atoms with E-state index in [-0.39, 0.29) is 5.56 Å². The molecule has 0 bridgehead atoms. The van der Waals surface area contributed by atoms with Gasteiger partial charge in [0.25, 0.3) is 0 Å². The summed E-state index contributed by atoms with van der Waals surface area (Å²) in [6.45, 7) is 3.96. The zero-order valence-electron chi connectivity index (χ0n) is 8.86. The Balaban J connectivity index is 2.92. The highest BCUT2D eigenvalue weighted by Crippen LogP contribution is 2.11. The normalized spacial score (nSPS) is 10.3. The summed E-state index contributed by atoms with van der Waals surface area (Å²) in [6, 6.07) is 0. The zero-order valence-corrected chi connectivity index (χ0v) is 9.67. The number of thioether (sulfide) groups is 1. The second kappa shape index (κ2) is 5.70. The lowest BCUT2D eigenvalue weighted by Gasteiger charge is -2.04. The van der Waals surface area contributed by atoms with Crippen LogP contribution in [-0.4, -0.2) is 26.8 Å². The first-order valence-corrected chi connectivity index (χ1v) is 6.00. The molecule has 1 heterocycles. The predicted molar refractivity (Wildman–Crippen MR) is 60.2 cm³/mol. The van der Waals surface area contributed by atoms with Crippen molar-refractivity contribution in [1.82, 2.24) is 9.97 Å². The van der Waals surface area contributed by atoms with Gasteiger partial charge in [-0.25, -0.2) is 14.8 Å². The molecule has 0 spiro atoms. The molecular formula is C10H14N2O2S. The molecule has 5 heteroatoms. The fourth-order valence-electron chi connectivity index (χ4n) is 1.17. The molecule has 1 rings (SSSR count). The van der Waals surface area contributed by atoms with Crippen molar-refractivity contribution in [1.29, 1.82) is 0 Å². The second-order valence-corrected chi connectivity index (χ2v) is 4.22. The van der Waals surface area contributed by atoms with E-state index in [1.807, 2.05) is 6.92 Å². The molecule has 0 aromatic carbocycles. The molecule has 0 radical (unpaired) electrons. The Morgan fingerprint density at radius 3 is 2.80 bits per heavy atom. The van der Waals surface area contributed by atoms with Crippen LogP contribution in [0.15, 0.2) is 6.20 Å². The van der Waals surface area contributed by atoms with Crippen LogP contribution in [0.1, 0.15) is 35.7 Å². The lowest BCUT2D eigenvalue weighted by molar-refractivity contribution is 0.0694. The van der Waals surface area contributed by atoms with Crippen molar-refractivity contribution in [3.8, 4) is 0 Å². The molecule has 1 aromatic heterocycles. The average Bonchev–Trinajstić information content (AvgIpc) is 2.25. The second-order valence-electron chi connectivity index (χ2n) is 2.94. The first-order chi connectivity index (χ1) is 7.19. The predicted octanol–water partition coefficient (Wildman–Crippen LogP) is 1.99. The molecular weight excluding hydrogens is 212 g/mol. The fraction of sp³-hybridized carbons (Fsp3) is 0.500. The van der Waals surface area contributed by atoms with Crippen LogP contribution in [-0.2, 0) is 12.2 Å². The Morgan fingerprint density at radius 1 is 1.53 bits per heavy atom. The van der Waals surface area contributed by atoms with Gasteiger partial charge in [-0.2, -0.15) is 11.8 Å². The molecule has 0 unspecified atom stereocenters. The van der Waals surface area contributed by atoms with Gasteiger partial charge in [0.2, 0.25) is 0 Å². The molecule has 15 heavy (non-hydrogen) atoms. The number of hydrogen-bond donors (Lipinski definition) is 1. The Labute approximate surface area is 93.1 Å². The first kappa shape index (κ1) is 12.0. The van der Waals surface area contributed by atoms with E-state index in [2.05, 4.69) is 16.9 Å². The molecule has 0 saturated carbocycles. The standard InChI is InChI=1S/C10H14N2O2S/c1-3-8-7(10(13)14)5-11-9(12-8)6-15-4-2/h5H,3-4,6H2,1-2H3,(H,13,14). The number of hydrogen-bond acceptors (Lipinski definition) is 4. The maximum absolute atomic E-state index is 10.8. The molecule has 0 aliphatic heterocycles. The van der Waals surface area contributed by atoms with E-state index >= 15 is 0 Å². The smallest absolute Gasteiger partial charge is 0.339 e. The van der Waals surface area contributed by atoms with Crippen molar-refractivity contribution in [2.75, 3.05) is 5.75 Å². The minimum atomic E-state index is -0.957. The third-order valence-electron chi connectivity index (χ3n) is 1.92. The fourth-order valence-corrected chi connectivity index (χ4v) is 1.70. The number of carboxylic acid groups (broad SMARTS) is 1. The van der Waals surface area contributed by atoms with Gasteiger partial charge < -0.3 is 5.11 Å². The van der Waals surface area contributed by atoms with Crippen molar-refractivity contribution < 1.29 is 9.90 Å². The number of rotatable bonds is 5. The van der Waals surface area contributed by atoms with Gasteiger partial charge in [0.1, 0.15) is 5.82 Å². The van der Waals surface area contributed by atoms with Gasteiger partial charge in [-0.1, -0.05) is 13.8 Å². The maximum Gasteiger partial charge on any atom is 0.339 e. The van der Waals surface area contributed by atoms with E-state index < -0.39 is 5.97 Å². The summed E-state index contributed by atoms with van der Waals surface area (Å²) in [7, 11) is 0. The van der Waals surface area contributed by atoms with E-state index in [1.165, 1.54) is 6.20 Å². The van der Waals surface area contributed by atoms with Crippen LogP contribution >= 0.6 is 11.8 Å². The van der Waals surface area contributed by atoms with Crippen LogP contribution in [0.5, 0.6) is 0 Å². The third kappa shape index (κ3) is 3.20. The van der Waals surface area contributed by atoms with Gasteiger partial charge in [0.05, 0.1) is 17.0 Å². The van der Waals surface area contributed by atoms with E-state index in [9.17, 15) is 4.79 Å². The highest BCUT2D eigenvalue weighted by Gasteiger charge is 2.11. The minimum Gasteiger partial charge on any atom is -0.478 e. The minimum absolute atomic E-state index is 0.211. The van der Waals surface area contributed by atoms with E-state index in [4.69, 9.17) is 5.11 Å². The highest BCUT2D eigenvalue weighted by molar-refractivity contribution is 7.98. The maximum atomic E-state index is 10.8. The van der Waals surface area contributed by atoms with Crippen LogP contribution in [0.2, 0.25) is 0 Å². The SMILES string of the molecule is CCSCc1ncc(C(=O)O)c(CC)n1. The van der Waals surface area contributed by atoms with Crippen molar-refractivity contribution in [2.24, 2.45) is 0 Å². The van der Waals surface area contributed by atoms with Crippen molar-refractivity contribution in [3.63, 3.8) is 0 Å². The van der Waals surface area contributed by atoms with Gasteiger partial charge in [-0.15, -0.1) is 0 Å². The van der Waals surface area contributed by atoms with Gasteiger partial charge >= 0.3 is 5.97 Å². The van der Waals surface area contributed by atoms with Crippen LogP contribution in [0, 0.1) is 0 Å². The Morgan fingerprint density at radius 2 is 2.27 bits per heavy atom. The number of carboxylic acids is 1. The lowest BCUT2D eigenvalue weighted by atomic mass is 10.2. The van der Waals surface area contributed by atoms with Gasteiger partial charge in [-0.3, -0.25) is 0 Å². The van der Waals surface area contributed by atoms with E-state index in [1.54, 1.807) is 11.8 Å². The monoisotopic (exact) mass is 226 g/mol. The Kier molecular flexibility index (Phi) is 4.55. The van der Waals surface area contributed by atoms with Crippen LogP contribution in [0.4, 0.5) is 0 Å². The van der Waals surface area contributed by atoms with Gasteiger partial charge in [0.15, 0.2) is 0 Å². The molecule has 0 aliphatic carbocycles. The molecule has 1 aromatic rings. The molecule has 0 amide bonds. The van der Waals surface area contributed by atoms with Crippen molar-refractivity contribution in [3.05, 3.63) is 23.3 Å². The number of nitrogens with zero attached hydrogens (tertiary/aromatic N) is 2. The summed E-state index contributed by atoms with van der Waals surface area (Å²) in [5.74, 6) is 1.50. The molecule has 0 saturated heterocycles. The summed E-state index contributed by atoms with van der Waals surface area (Å²) in [4.78, 5) is 19.1. The van der Waals surface area contributed by atoms with Crippen LogP contribution < -0.4 is 0 Å². The van der Waals surface area contributed by atoms with E-state index in [0.29, 0.717) is 17.9 Å². The first-order valence-electron chi connectivity index (χ1n) is 4.84. The summed E-state index contributed by atoms with van der Waals surface area (Å²) in [6.07, 6.45) is 2.02. The summed E-state index contributed by atoms with van der Waals surface area (Å²) in [5, 5.41) is 8.88. The third-order valence-corrected chi connectivity index (χ3v) is 2.79. The van der Waals surface area contributed by atoms with Crippen molar-refractivity contribution >= 4 is 17.7 Å². The average molecular weight is 226 g/mol. The quantitative estimate of drug-likeness (QED) is 0.831. The van der Waals surface area contributed by atoms with Gasteiger partial charge in [-0.05, 0) is 12.2 Å². The number of carbonyl (C=O) groups is 1. The lowest BCUT2D eigenvalue weighted by Crippen LogP contribution is -2.07. The molecule has 0 atom stereocenters. The zero-order chi connectivity index (χ0) is 11.3. The number of aromatic nitrogens is 2. The molecule has 82 valence electrons. The summed E-state index contributed by atoms with van der Waals surface area (Å²) >= 11 is 1.72. The van der Waals surface area contributed by atoms with Crippen LogP contribution in [0.25, 0.3) is 0 Å². The Bertz CT molecular complexity index is 355. The summed E-state index contributed by atoms with van der Waals surface area (Å²) in [5.41, 5.74) is 0.826. The van der Waals surface area contributed by atoms with E-state index in [0.717, 1.165) is 11.5 Å².